The van der Waals surface area contributed by atoms with E-state index < -0.39 is 23.0 Å². The van der Waals surface area contributed by atoms with Gasteiger partial charge in [-0.3, -0.25) is 0 Å². The Balaban J connectivity index is 3.27. The van der Waals surface area contributed by atoms with Crippen LogP contribution in [0.3, 0.4) is 0 Å². The second-order valence-corrected chi connectivity index (χ2v) is 1.96. The molecule has 1 aromatic carbocycles. The van der Waals surface area contributed by atoms with Crippen molar-refractivity contribution in [3.8, 4) is 11.5 Å². The van der Waals surface area contributed by atoms with Crippen LogP contribution in [0.4, 0.5) is 0 Å². The largest absolute Gasteiger partial charge is 0.504 e. The van der Waals surface area contributed by atoms with Crippen molar-refractivity contribution in [2.45, 2.75) is 0 Å². The molecule has 2 N–H and O–H groups in total. The third-order valence-corrected chi connectivity index (χ3v) is 1.23. The van der Waals surface area contributed by atoms with E-state index in [4.69, 9.17) is 10.2 Å². The predicted molar refractivity (Wildman–Crippen MR) is 34.8 cm³/mol. The minimum absolute atomic E-state index is 0.412. The first-order chi connectivity index (χ1) is 5.13. The molecule has 0 saturated carbocycles. The number of carbonyl (C=O) groups is 1. The third-order valence-electron chi connectivity index (χ3n) is 1.23. The Hall–Kier alpha value is -1.71. The molecule has 0 bridgehead atoms. The van der Waals surface area contributed by atoms with Gasteiger partial charge in [0.1, 0.15) is 5.56 Å². The molecule has 4 nitrogen and oxygen atoms in total. The highest BCUT2D eigenvalue weighted by Gasteiger charge is 2.13. The number of para-hydroxylation sites is 1. The molecule has 0 spiro atoms. The van der Waals surface area contributed by atoms with Crippen molar-refractivity contribution < 1.29 is 20.1 Å². The topological polar surface area (TPSA) is 77.4 Å². The molecule has 0 saturated heterocycles. The molecule has 0 aromatic heterocycles. The van der Waals surface area contributed by atoms with Gasteiger partial charge >= 0.3 is 5.97 Å². The Morgan fingerprint density at radius 3 is 2.36 bits per heavy atom. The quantitative estimate of drug-likeness (QED) is 0.582. The van der Waals surface area contributed by atoms with Gasteiger partial charge in [-0.15, -0.1) is 0 Å². The molecule has 0 fully saturated rings. The van der Waals surface area contributed by atoms with E-state index in [0.29, 0.717) is 0 Å². The number of aromatic hydroxyl groups is 2. The van der Waals surface area contributed by atoms with Crippen LogP contribution in [0, 0.1) is 0 Å². The maximum absolute atomic E-state index is 10.2. The van der Waals surface area contributed by atoms with Crippen molar-refractivity contribution in [3.05, 3.63) is 23.8 Å². The van der Waals surface area contributed by atoms with E-state index in [-0.39, 0.29) is 0 Å². The van der Waals surface area contributed by atoms with Crippen LogP contribution in [-0.4, -0.2) is 16.2 Å². The van der Waals surface area contributed by atoms with Crippen molar-refractivity contribution in [1.82, 2.24) is 0 Å². The molecule has 0 aliphatic rings. The molecule has 0 amide bonds. The first-order valence-electron chi connectivity index (χ1n) is 2.85. The number of hydrogen-bond acceptors (Lipinski definition) is 3. The van der Waals surface area contributed by atoms with Crippen LogP contribution in [0.25, 0.3) is 0 Å². The van der Waals surface area contributed by atoms with Crippen molar-refractivity contribution >= 4 is 5.97 Å². The second-order valence-electron chi connectivity index (χ2n) is 1.96. The van der Waals surface area contributed by atoms with Gasteiger partial charge in [0.05, 0.1) is 0 Å². The number of phenols is 2. The van der Waals surface area contributed by atoms with Crippen LogP contribution in [0.15, 0.2) is 18.2 Å². The Bertz CT molecular complexity index is 292. The Labute approximate surface area is 62.3 Å². The van der Waals surface area contributed by atoms with E-state index in [0.717, 1.165) is 6.07 Å². The first kappa shape index (κ1) is 7.40. The van der Waals surface area contributed by atoms with Crippen molar-refractivity contribution in [2.24, 2.45) is 0 Å². The van der Waals surface area contributed by atoms with Gasteiger partial charge in [-0.25, -0.2) is 9.90 Å². The normalized spacial score (nSPS) is 9.45. The lowest BCUT2D eigenvalue weighted by molar-refractivity contribution is 0.0569. The van der Waals surface area contributed by atoms with Crippen LogP contribution < -0.4 is 0 Å². The van der Waals surface area contributed by atoms with Gasteiger partial charge in [0, 0.05) is 0 Å². The summed E-state index contributed by atoms with van der Waals surface area (Å²) < 4.78 is 0. The van der Waals surface area contributed by atoms with Crippen molar-refractivity contribution in [3.63, 3.8) is 0 Å². The summed E-state index contributed by atoms with van der Waals surface area (Å²) in [7, 11) is 0. The Morgan fingerprint density at radius 1 is 1.27 bits per heavy atom. The molecule has 1 aromatic rings. The number of rotatable bonds is 1. The van der Waals surface area contributed by atoms with Gasteiger partial charge in [-0.1, -0.05) is 6.07 Å². The smallest absolute Gasteiger partial charge is 0.390 e. The zero-order valence-electron chi connectivity index (χ0n) is 5.44. The van der Waals surface area contributed by atoms with Gasteiger partial charge in [0.25, 0.3) is 0 Å². The third kappa shape index (κ3) is 1.24. The number of benzene rings is 1. The molecule has 0 unspecified atom stereocenters. The predicted octanol–water partition coefficient (Wildman–Crippen LogP) is 0.668. The fraction of sp³-hybridized carbons (Fsp3) is 0. The molecule has 0 aliphatic heterocycles. The maximum atomic E-state index is 10.2. The maximum Gasteiger partial charge on any atom is 0.390 e. The Morgan fingerprint density at radius 2 is 1.91 bits per heavy atom. The summed E-state index contributed by atoms with van der Waals surface area (Å²) in [5, 5.41) is 27.9. The lowest BCUT2D eigenvalue weighted by Crippen LogP contribution is -1.93. The van der Waals surface area contributed by atoms with Crippen molar-refractivity contribution in [1.29, 1.82) is 0 Å². The molecule has 11 heavy (non-hydrogen) atoms. The van der Waals surface area contributed by atoms with Crippen LogP contribution in [0.1, 0.15) is 10.4 Å². The average molecular weight is 153 g/mol. The summed E-state index contributed by atoms with van der Waals surface area (Å²) in [6.45, 7) is 0. The van der Waals surface area contributed by atoms with E-state index in [1.54, 1.807) is 0 Å². The van der Waals surface area contributed by atoms with Gasteiger partial charge in [0.2, 0.25) is 0 Å². The number of hydrogen-bond donors (Lipinski definition) is 2. The molecule has 0 aliphatic carbocycles. The zero-order valence-corrected chi connectivity index (χ0v) is 5.44. The molecule has 4 heteroatoms. The van der Waals surface area contributed by atoms with E-state index in [9.17, 15) is 9.90 Å². The summed E-state index contributed by atoms with van der Waals surface area (Å²) in [4.78, 5) is 10.2. The summed E-state index contributed by atoms with van der Waals surface area (Å²) in [5.74, 6) is -2.64. The molecule has 0 heterocycles. The lowest BCUT2D eigenvalue weighted by Gasteiger charge is -1.98. The highest BCUT2D eigenvalue weighted by molar-refractivity contribution is 5.91. The lowest BCUT2D eigenvalue weighted by atomic mass is 10.2. The summed E-state index contributed by atoms with van der Waals surface area (Å²) in [5.41, 5.74) is -0.412. The molecule has 0 atom stereocenters. The minimum Gasteiger partial charge on any atom is -0.504 e. The van der Waals surface area contributed by atoms with Gasteiger partial charge < -0.3 is 10.2 Å². The van der Waals surface area contributed by atoms with Crippen LogP contribution in [0.2, 0.25) is 0 Å². The van der Waals surface area contributed by atoms with Gasteiger partial charge in [-0.2, -0.15) is 0 Å². The molecular formula is C7H5O4. The second kappa shape index (κ2) is 2.49. The summed E-state index contributed by atoms with van der Waals surface area (Å²) >= 11 is 0. The van der Waals surface area contributed by atoms with Crippen LogP contribution in [0.5, 0.6) is 11.5 Å². The number of carbonyl (C=O) groups excluding carboxylic acids is 1. The minimum atomic E-state index is -1.52. The van der Waals surface area contributed by atoms with Crippen LogP contribution >= 0.6 is 0 Å². The van der Waals surface area contributed by atoms with E-state index in [2.05, 4.69) is 0 Å². The zero-order chi connectivity index (χ0) is 8.43. The molecule has 1 rings (SSSR count). The summed E-state index contributed by atoms with van der Waals surface area (Å²) in [6.07, 6.45) is 0. The highest BCUT2D eigenvalue weighted by Crippen LogP contribution is 2.27. The fourth-order valence-electron chi connectivity index (χ4n) is 0.696. The standard InChI is InChI=1S/C7H5O4/c8-5-3-1-2-4(6(5)9)7(10)11/h1-3,8-9H. The first-order valence-corrected chi connectivity index (χ1v) is 2.85. The van der Waals surface area contributed by atoms with Gasteiger partial charge in [0.15, 0.2) is 11.5 Å². The van der Waals surface area contributed by atoms with E-state index >= 15 is 0 Å². The van der Waals surface area contributed by atoms with Crippen LogP contribution in [-0.2, 0) is 5.11 Å². The monoisotopic (exact) mass is 153 g/mol. The SMILES string of the molecule is [O]C(=O)c1cccc(O)c1O. The van der Waals surface area contributed by atoms with E-state index in [1.807, 2.05) is 0 Å². The van der Waals surface area contributed by atoms with Crippen molar-refractivity contribution in [2.75, 3.05) is 0 Å². The highest BCUT2D eigenvalue weighted by atomic mass is 16.4. The van der Waals surface area contributed by atoms with Gasteiger partial charge in [-0.05, 0) is 12.1 Å². The summed E-state index contributed by atoms with van der Waals surface area (Å²) in [6, 6.07) is 3.63. The fourth-order valence-corrected chi connectivity index (χ4v) is 0.696. The average Bonchev–Trinajstić information content (AvgIpc) is 1.94. The number of phenolic OH excluding ortho intramolecular Hbond substituents is 2. The Kier molecular flexibility index (Phi) is 1.68. The molecule has 1 radical (unpaired) electrons. The molecule has 57 valence electrons. The van der Waals surface area contributed by atoms with E-state index in [1.165, 1.54) is 12.1 Å². The molecular weight excluding hydrogens is 148 g/mol.